The Kier molecular flexibility index (Phi) is 4.66. The molecule has 2 fully saturated rings. The van der Waals surface area contributed by atoms with Crippen molar-refractivity contribution in [3.8, 4) is 0 Å². The van der Waals surface area contributed by atoms with Gasteiger partial charge in [-0.25, -0.2) is 0 Å². The second-order valence-corrected chi connectivity index (χ2v) is 7.83. The molecule has 4 rings (SSSR count). The average molecular weight is 354 g/mol. The normalized spacial score (nSPS) is 17.8. The summed E-state index contributed by atoms with van der Waals surface area (Å²) in [6, 6.07) is 14.6. The Bertz CT molecular complexity index is 795. The molecule has 2 aromatic carbocycles. The van der Waals surface area contributed by atoms with Crippen molar-refractivity contribution >= 4 is 34.3 Å². The minimum Gasteiger partial charge on any atom is -0.339 e. The number of carbonyl (C=O) groups is 2. The molecule has 0 spiro atoms. The van der Waals surface area contributed by atoms with Gasteiger partial charge in [-0.1, -0.05) is 30.3 Å². The van der Waals surface area contributed by atoms with Crippen LogP contribution in [0.2, 0.25) is 0 Å². The second-order valence-electron chi connectivity index (χ2n) is 6.78. The molecule has 0 aromatic heterocycles. The van der Waals surface area contributed by atoms with E-state index in [4.69, 9.17) is 0 Å². The molecule has 0 atom stereocenters. The van der Waals surface area contributed by atoms with Crippen molar-refractivity contribution in [1.29, 1.82) is 0 Å². The molecule has 2 aliphatic rings. The fourth-order valence-corrected chi connectivity index (χ4v) is 4.11. The van der Waals surface area contributed by atoms with Gasteiger partial charge in [0.2, 0.25) is 11.8 Å². The van der Waals surface area contributed by atoms with Crippen LogP contribution >= 0.6 is 11.8 Å². The Balaban J connectivity index is 1.29. The van der Waals surface area contributed by atoms with Gasteiger partial charge in [0.1, 0.15) is 0 Å². The van der Waals surface area contributed by atoms with Crippen LogP contribution in [0.15, 0.2) is 47.4 Å². The van der Waals surface area contributed by atoms with Crippen LogP contribution < -0.4 is 0 Å². The zero-order valence-corrected chi connectivity index (χ0v) is 15.0. The Morgan fingerprint density at radius 1 is 0.920 bits per heavy atom. The standard InChI is InChI=1S/C20H22N2O2S/c23-19(21-9-11-22(12-10-21)20(24)16-5-6-16)14-25-18-8-7-15-3-1-2-4-17(15)13-18/h1-4,7-8,13,16H,5-6,9-12,14H2. The van der Waals surface area contributed by atoms with Crippen LogP contribution in [0, 0.1) is 5.92 Å². The number of hydrogen-bond acceptors (Lipinski definition) is 3. The third-order valence-electron chi connectivity index (χ3n) is 4.95. The van der Waals surface area contributed by atoms with E-state index in [2.05, 4.69) is 30.3 Å². The van der Waals surface area contributed by atoms with E-state index in [1.807, 2.05) is 21.9 Å². The molecule has 1 heterocycles. The van der Waals surface area contributed by atoms with Crippen molar-refractivity contribution < 1.29 is 9.59 Å². The fraction of sp³-hybridized carbons (Fsp3) is 0.400. The number of amides is 2. The smallest absolute Gasteiger partial charge is 0.233 e. The van der Waals surface area contributed by atoms with E-state index >= 15 is 0 Å². The maximum absolute atomic E-state index is 12.5. The molecule has 130 valence electrons. The second kappa shape index (κ2) is 7.08. The van der Waals surface area contributed by atoms with E-state index < -0.39 is 0 Å². The minimum absolute atomic E-state index is 0.164. The maximum Gasteiger partial charge on any atom is 0.233 e. The largest absolute Gasteiger partial charge is 0.339 e. The van der Waals surface area contributed by atoms with Crippen LogP contribution in [0.4, 0.5) is 0 Å². The predicted octanol–water partition coefficient (Wildman–Crippen LogP) is 3.01. The summed E-state index contributed by atoms with van der Waals surface area (Å²) >= 11 is 1.59. The van der Waals surface area contributed by atoms with Gasteiger partial charge in [-0.15, -0.1) is 11.8 Å². The number of piperazine rings is 1. The molecule has 0 bridgehead atoms. The van der Waals surface area contributed by atoms with Crippen LogP contribution in [0.5, 0.6) is 0 Å². The van der Waals surface area contributed by atoms with Crippen LogP contribution in [-0.4, -0.2) is 53.5 Å². The van der Waals surface area contributed by atoms with Gasteiger partial charge in [-0.05, 0) is 35.7 Å². The first kappa shape index (κ1) is 16.5. The zero-order chi connectivity index (χ0) is 17.2. The highest BCUT2D eigenvalue weighted by Crippen LogP contribution is 2.31. The summed E-state index contributed by atoms with van der Waals surface area (Å²) in [7, 11) is 0. The van der Waals surface area contributed by atoms with Crippen molar-refractivity contribution in [2.24, 2.45) is 5.92 Å². The number of nitrogens with zero attached hydrogens (tertiary/aromatic N) is 2. The van der Waals surface area contributed by atoms with Crippen molar-refractivity contribution in [2.75, 3.05) is 31.9 Å². The molecule has 1 aliphatic heterocycles. The van der Waals surface area contributed by atoms with Gasteiger partial charge >= 0.3 is 0 Å². The van der Waals surface area contributed by atoms with Crippen LogP contribution in [0.1, 0.15) is 12.8 Å². The van der Waals surface area contributed by atoms with Gasteiger partial charge in [0.05, 0.1) is 5.75 Å². The first-order valence-corrected chi connectivity index (χ1v) is 9.87. The minimum atomic E-state index is 0.164. The van der Waals surface area contributed by atoms with E-state index in [0.717, 1.165) is 17.7 Å². The molecule has 0 N–H and O–H groups in total. The van der Waals surface area contributed by atoms with Crippen molar-refractivity contribution in [3.05, 3.63) is 42.5 Å². The highest BCUT2D eigenvalue weighted by molar-refractivity contribution is 8.00. The SMILES string of the molecule is O=C(CSc1ccc2ccccc2c1)N1CCN(C(=O)C2CC2)CC1. The summed E-state index contributed by atoms with van der Waals surface area (Å²) in [6.45, 7) is 2.69. The van der Waals surface area contributed by atoms with Gasteiger partial charge in [-0.3, -0.25) is 9.59 Å². The number of rotatable bonds is 4. The van der Waals surface area contributed by atoms with Crippen LogP contribution in [-0.2, 0) is 9.59 Å². The first-order valence-electron chi connectivity index (χ1n) is 8.89. The molecular formula is C20H22N2O2S. The number of carbonyl (C=O) groups excluding carboxylic acids is 2. The van der Waals surface area contributed by atoms with E-state index in [1.165, 1.54) is 10.8 Å². The number of benzene rings is 2. The summed E-state index contributed by atoms with van der Waals surface area (Å²) in [5.41, 5.74) is 0. The average Bonchev–Trinajstić information content (AvgIpc) is 3.51. The highest BCUT2D eigenvalue weighted by atomic mass is 32.2. The molecule has 5 heteroatoms. The Morgan fingerprint density at radius 3 is 2.32 bits per heavy atom. The van der Waals surface area contributed by atoms with Gasteiger partial charge in [0.15, 0.2) is 0 Å². The summed E-state index contributed by atoms with van der Waals surface area (Å²) in [5, 5.41) is 2.42. The molecule has 25 heavy (non-hydrogen) atoms. The molecule has 0 radical (unpaired) electrons. The zero-order valence-electron chi connectivity index (χ0n) is 14.2. The summed E-state index contributed by atoms with van der Waals surface area (Å²) in [6.07, 6.45) is 2.08. The van der Waals surface area contributed by atoms with Crippen LogP contribution in [0.25, 0.3) is 10.8 Å². The molecule has 1 saturated carbocycles. The number of fused-ring (bicyclic) bond motifs is 1. The van der Waals surface area contributed by atoms with E-state index in [9.17, 15) is 9.59 Å². The van der Waals surface area contributed by atoms with E-state index in [-0.39, 0.29) is 17.7 Å². The van der Waals surface area contributed by atoms with Crippen molar-refractivity contribution in [2.45, 2.75) is 17.7 Å². The molecule has 1 aliphatic carbocycles. The van der Waals surface area contributed by atoms with Crippen LogP contribution in [0.3, 0.4) is 0 Å². The van der Waals surface area contributed by atoms with E-state index in [0.29, 0.717) is 31.9 Å². The van der Waals surface area contributed by atoms with Gasteiger partial charge < -0.3 is 9.80 Å². The Hall–Kier alpha value is -2.01. The summed E-state index contributed by atoms with van der Waals surface area (Å²) in [4.78, 5) is 29.5. The third kappa shape index (κ3) is 3.82. The summed E-state index contributed by atoms with van der Waals surface area (Å²) < 4.78 is 0. The lowest BCUT2D eigenvalue weighted by Gasteiger charge is -2.35. The lowest BCUT2D eigenvalue weighted by atomic mass is 10.1. The topological polar surface area (TPSA) is 40.6 Å². The van der Waals surface area contributed by atoms with Gasteiger partial charge in [0.25, 0.3) is 0 Å². The Labute approximate surface area is 152 Å². The van der Waals surface area contributed by atoms with Crippen molar-refractivity contribution in [3.63, 3.8) is 0 Å². The molecule has 0 unspecified atom stereocenters. The molecule has 2 aromatic rings. The van der Waals surface area contributed by atoms with Crippen molar-refractivity contribution in [1.82, 2.24) is 9.80 Å². The quantitative estimate of drug-likeness (QED) is 0.793. The number of hydrogen-bond donors (Lipinski definition) is 0. The number of thioether (sulfide) groups is 1. The first-order chi connectivity index (χ1) is 12.2. The third-order valence-corrected chi connectivity index (χ3v) is 5.93. The molecule has 1 saturated heterocycles. The summed E-state index contributed by atoms with van der Waals surface area (Å²) in [5.74, 6) is 1.18. The van der Waals surface area contributed by atoms with Gasteiger partial charge in [0, 0.05) is 37.0 Å². The maximum atomic E-state index is 12.5. The fourth-order valence-electron chi connectivity index (χ4n) is 3.26. The lowest BCUT2D eigenvalue weighted by Crippen LogP contribution is -2.51. The monoisotopic (exact) mass is 354 g/mol. The van der Waals surface area contributed by atoms with Gasteiger partial charge in [-0.2, -0.15) is 0 Å². The van der Waals surface area contributed by atoms with E-state index in [1.54, 1.807) is 11.8 Å². The predicted molar refractivity (Wildman–Crippen MR) is 101 cm³/mol. The lowest BCUT2D eigenvalue weighted by molar-refractivity contribution is -0.139. The molecular weight excluding hydrogens is 332 g/mol. The highest BCUT2D eigenvalue weighted by Gasteiger charge is 2.35. The molecule has 2 amide bonds. The molecule has 4 nitrogen and oxygen atoms in total. The Morgan fingerprint density at radius 2 is 1.60 bits per heavy atom.